The Kier molecular flexibility index (Phi) is 4.78. The first-order valence-electron chi connectivity index (χ1n) is 6.33. The van der Waals surface area contributed by atoms with Crippen molar-refractivity contribution in [3.8, 4) is 0 Å². The van der Waals surface area contributed by atoms with Crippen molar-refractivity contribution in [2.75, 3.05) is 19.7 Å². The van der Waals surface area contributed by atoms with Gasteiger partial charge >= 0.3 is 0 Å². The third-order valence-electron chi connectivity index (χ3n) is 3.16. The molecular weight excluding hydrogens is 282 g/mol. The summed E-state index contributed by atoms with van der Waals surface area (Å²) in [6.45, 7) is 7.11. The quantitative estimate of drug-likeness (QED) is 0.785. The monoisotopic (exact) mass is 301 g/mol. The van der Waals surface area contributed by atoms with Gasteiger partial charge in [-0.15, -0.1) is 17.9 Å². The van der Waals surface area contributed by atoms with Gasteiger partial charge in [0.1, 0.15) is 4.21 Å². The van der Waals surface area contributed by atoms with E-state index in [4.69, 9.17) is 4.74 Å². The van der Waals surface area contributed by atoms with Crippen LogP contribution >= 0.6 is 11.3 Å². The van der Waals surface area contributed by atoms with E-state index in [0.29, 0.717) is 23.9 Å². The summed E-state index contributed by atoms with van der Waals surface area (Å²) >= 11 is 1.33. The lowest BCUT2D eigenvalue weighted by atomic mass is 10.1. The standard InChI is InChI=1S/C13H19NO3S2/c1-3-10-17-12-6-8-14(9-7-12)19(15,16)13-5-4-11(2)18-13/h3-5,12H,1,6-10H2,2H3. The van der Waals surface area contributed by atoms with Crippen molar-refractivity contribution in [2.24, 2.45) is 0 Å². The van der Waals surface area contributed by atoms with E-state index in [0.717, 1.165) is 17.7 Å². The first kappa shape index (κ1) is 14.7. The molecular formula is C13H19NO3S2. The second-order valence-electron chi connectivity index (χ2n) is 4.59. The van der Waals surface area contributed by atoms with Gasteiger partial charge in [0.05, 0.1) is 12.7 Å². The van der Waals surface area contributed by atoms with Crippen molar-refractivity contribution in [2.45, 2.75) is 30.1 Å². The molecule has 19 heavy (non-hydrogen) atoms. The maximum Gasteiger partial charge on any atom is 0.252 e. The molecule has 1 aromatic rings. The van der Waals surface area contributed by atoms with Crippen LogP contribution in [0.15, 0.2) is 29.0 Å². The minimum Gasteiger partial charge on any atom is -0.374 e. The Morgan fingerprint density at radius 2 is 2.16 bits per heavy atom. The van der Waals surface area contributed by atoms with E-state index in [1.165, 1.54) is 11.3 Å². The van der Waals surface area contributed by atoms with Crippen LogP contribution in [0.4, 0.5) is 0 Å². The van der Waals surface area contributed by atoms with Crippen molar-refractivity contribution >= 4 is 21.4 Å². The zero-order valence-electron chi connectivity index (χ0n) is 11.0. The molecule has 2 heterocycles. The van der Waals surface area contributed by atoms with E-state index in [2.05, 4.69) is 6.58 Å². The summed E-state index contributed by atoms with van der Waals surface area (Å²) in [5, 5.41) is 0. The van der Waals surface area contributed by atoms with E-state index >= 15 is 0 Å². The van der Waals surface area contributed by atoms with Gasteiger partial charge in [-0.05, 0) is 31.9 Å². The highest BCUT2D eigenvalue weighted by Crippen LogP contribution is 2.27. The Balaban J connectivity index is 1.99. The molecule has 1 fully saturated rings. The largest absolute Gasteiger partial charge is 0.374 e. The van der Waals surface area contributed by atoms with E-state index in [1.54, 1.807) is 16.4 Å². The summed E-state index contributed by atoms with van der Waals surface area (Å²) in [5.74, 6) is 0. The summed E-state index contributed by atoms with van der Waals surface area (Å²) in [7, 11) is -3.31. The number of ether oxygens (including phenoxy) is 1. The third kappa shape index (κ3) is 3.45. The van der Waals surface area contributed by atoms with Gasteiger partial charge in [-0.3, -0.25) is 0 Å². The lowest BCUT2D eigenvalue weighted by molar-refractivity contribution is 0.0381. The third-order valence-corrected chi connectivity index (χ3v) is 6.53. The predicted octanol–water partition coefficient (Wildman–Crippen LogP) is 2.41. The zero-order chi connectivity index (χ0) is 13.9. The fourth-order valence-corrected chi connectivity index (χ4v) is 5.03. The Bertz CT molecular complexity index is 528. The summed E-state index contributed by atoms with van der Waals surface area (Å²) in [5.41, 5.74) is 0. The molecule has 0 saturated carbocycles. The van der Waals surface area contributed by atoms with Gasteiger partial charge in [-0.25, -0.2) is 8.42 Å². The fourth-order valence-electron chi connectivity index (χ4n) is 2.12. The van der Waals surface area contributed by atoms with Crippen molar-refractivity contribution in [3.63, 3.8) is 0 Å². The number of piperidine rings is 1. The molecule has 0 aliphatic carbocycles. The van der Waals surface area contributed by atoms with Gasteiger partial charge < -0.3 is 4.74 Å². The fraction of sp³-hybridized carbons (Fsp3) is 0.538. The summed E-state index contributed by atoms with van der Waals surface area (Å²) in [6, 6.07) is 3.53. The average Bonchev–Trinajstić information content (AvgIpc) is 2.84. The highest BCUT2D eigenvalue weighted by Gasteiger charge is 2.30. The number of rotatable bonds is 5. The SMILES string of the molecule is C=CCOC1CCN(S(=O)(=O)c2ccc(C)s2)CC1. The second kappa shape index (κ2) is 6.17. The lowest BCUT2D eigenvalue weighted by Crippen LogP contribution is -2.40. The summed E-state index contributed by atoms with van der Waals surface area (Å²) in [4.78, 5) is 1.02. The Morgan fingerprint density at radius 1 is 1.47 bits per heavy atom. The molecule has 106 valence electrons. The van der Waals surface area contributed by atoms with Crippen LogP contribution in [0.1, 0.15) is 17.7 Å². The molecule has 1 aromatic heterocycles. The molecule has 0 unspecified atom stereocenters. The van der Waals surface area contributed by atoms with Crippen LogP contribution in [-0.2, 0) is 14.8 Å². The number of sulfonamides is 1. The number of aryl methyl sites for hydroxylation is 1. The molecule has 1 aliphatic heterocycles. The van der Waals surface area contributed by atoms with Crippen molar-refractivity contribution < 1.29 is 13.2 Å². The molecule has 0 N–H and O–H groups in total. The van der Waals surface area contributed by atoms with E-state index in [1.807, 2.05) is 13.0 Å². The van der Waals surface area contributed by atoms with Crippen LogP contribution in [0.3, 0.4) is 0 Å². The molecule has 2 rings (SSSR count). The molecule has 0 aromatic carbocycles. The topological polar surface area (TPSA) is 46.6 Å². The maximum atomic E-state index is 12.4. The number of thiophene rings is 1. The minimum atomic E-state index is -3.31. The highest BCUT2D eigenvalue weighted by atomic mass is 32.2. The minimum absolute atomic E-state index is 0.148. The van der Waals surface area contributed by atoms with Gasteiger partial charge in [0, 0.05) is 18.0 Å². The van der Waals surface area contributed by atoms with E-state index in [-0.39, 0.29) is 6.10 Å². The number of nitrogens with zero attached hydrogens (tertiary/aromatic N) is 1. The lowest BCUT2D eigenvalue weighted by Gasteiger charge is -2.30. The molecule has 0 atom stereocenters. The van der Waals surface area contributed by atoms with Gasteiger partial charge in [0.15, 0.2) is 0 Å². The van der Waals surface area contributed by atoms with Gasteiger partial charge in [0.2, 0.25) is 0 Å². The van der Waals surface area contributed by atoms with Crippen LogP contribution in [-0.4, -0.2) is 38.5 Å². The van der Waals surface area contributed by atoms with Crippen LogP contribution in [0.25, 0.3) is 0 Å². The van der Waals surface area contributed by atoms with Crippen molar-refractivity contribution in [1.29, 1.82) is 0 Å². The molecule has 0 radical (unpaired) electrons. The number of hydrogen-bond acceptors (Lipinski definition) is 4. The summed E-state index contributed by atoms with van der Waals surface area (Å²) < 4.78 is 32.4. The van der Waals surface area contributed by atoms with E-state index < -0.39 is 10.0 Å². The molecule has 0 amide bonds. The summed E-state index contributed by atoms with van der Waals surface area (Å²) in [6.07, 6.45) is 3.36. The Hall–Kier alpha value is -0.690. The zero-order valence-corrected chi connectivity index (χ0v) is 12.7. The van der Waals surface area contributed by atoms with Crippen LogP contribution < -0.4 is 0 Å². The predicted molar refractivity (Wildman–Crippen MR) is 77.0 cm³/mol. The first-order chi connectivity index (χ1) is 9.04. The molecule has 1 aliphatic rings. The van der Waals surface area contributed by atoms with Crippen LogP contribution in [0.2, 0.25) is 0 Å². The molecule has 1 saturated heterocycles. The smallest absolute Gasteiger partial charge is 0.252 e. The molecule has 6 heteroatoms. The van der Waals surface area contributed by atoms with Crippen LogP contribution in [0.5, 0.6) is 0 Å². The van der Waals surface area contributed by atoms with E-state index in [9.17, 15) is 8.42 Å². The molecule has 0 bridgehead atoms. The van der Waals surface area contributed by atoms with Gasteiger partial charge in [-0.2, -0.15) is 4.31 Å². The first-order valence-corrected chi connectivity index (χ1v) is 8.59. The van der Waals surface area contributed by atoms with Gasteiger partial charge in [-0.1, -0.05) is 6.08 Å². The average molecular weight is 301 g/mol. The Morgan fingerprint density at radius 3 is 2.68 bits per heavy atom. The molecule has 0 spiro atoms. The maximum absolute atomic E-state index is 12.4. The Labute approximate surface area is 118 Å². The molecule has 4 nitrogen and oxygen atoms in total. The highest BCUT2D eigenvalue weighted by molar-refractivity contribution is 7.91. The second-order valence-corrected chi connectivity index (χ2v) is 8.04. The number of hydrogen-bond donors (Lipinski definition) is 0. The van der Waals surface area contributed by atoms with Crippen molar-refractivity contribution in [1.82, 2.24) is 4.31 Å². The van der Waals surface area contributed by atoms with Crippen LogP contribution in [0, 0.1) is 6.92 Å². The van der Waals surface area contributed by atoms with Gasteiger partial charge in [0.25, 0.3) is 10.0 Å². The van der Waals surface area contributed by atoms with Crippen molar-refractivity contribution in [3.05, 3.63) is 29.7 Å². The normalized spacial score (nSPS) is 18.6.